The van der Waals surface area contributed by atoms with E-state index in [1.165, 1.54) is 18.2 Å². The van der Waals surface area contributed by atoms with E-state index >= 15 is 0 Å². The van der Waals surface area contributed by atoms with Crippen LogP contribution in [-0.2, 0) is 16.0 Å². The van der Waals surface area contributed by atoms with Gasteiger partial charge < -0.3 is 4.74 Å². The van der Waals surface area contributed by atoms with Crippen molar-refractivity contribution < 1.29 is 9.53 Å². The molecule has 2 nitrogen and oxygen atoms in total. The van der Waals surface area contributed by atoms with E-state index in [2.05, 4.69) is 35.9 Å². The van der Waals surface area contributed by atoms with Gasteiger partial charge in [-0.25, -0.2) is 0 Å². The molecule has 0 N–H and O–H groups in total. The number of methoxy groups -OCH3 is 1. The molecule has 18 heavy (non-hydrogen) atoms. The van der Waals surface area contributed by atoms with E-state index in [0.717, 1.165) is 25.7 Å². The lowest BCUT2D eigenvalue weighted by molar-refractivity contribution is -0.140. The smallest absolute Gasteiger partial charge is 0.305 e. The predicted molar refractivity (Wildman–Crippen MR) is 76.7 cm³/mol. The van der Waals surface area contributed by atoms with E-state index in [0.29, 0.717) is 6.42 Å². The number of esters is 1. The van der Waals surface area contributed by atoms with Crippen molar-refractivity contribution in [3.63, 3.8) is 0 Å². The molecule has 0 unspecified atom stereocenters. The summed E-state index contributed by atoms with van der Waals surface area (Å²) < 4.78 is 4.59. The van der Waals surface area contributed by atoms with Crippen LogP contribution in [0.1, 0.15) is 50.7 Å². The van der Waals surface area contributed by atoms with E-state index in [4.69, 9.17) is 0 Å². The van der Waals surface area contributed by atoms with Gasteiger partial charge in [0, 0.05) is 6.42 Å². The number of aryl methyl sites for hydroxylation is 2. The highest BCUT2D eigenvalue weighted by atomic mass is 16.5. The highest BCUT2D eigenvalue weighted by molar-refractivity contribution is 5.68. The second-order valence-corrected chi connectivity index (χ2v) is 4.13. The summed E-state index contributed by atoms with van der Waals surface area (Å²) in [5, 5.41) is 0. The number of ether oxygens (including phenoxy) is 1. The number of unbranched alkanes of at least 4 members (excludes halogenated alkanes) is 2. The molecule has 0 atom stereocenters. The number of hydrogen-bond acceptors (Lipinski definition) is 2. The maximum absolute atomic E-state index is 10.9. The molecule has 0 fully saturated rings. The zero-order valence-electron chi connectivity index (χ0n) is 12.2. The highest BCUT2D eigenvalue weighted by Crippen LogP contribution is 2.10. The molecule has 0 aliphatic heterocycles. The van der Waals surface area contributed by atoms with Gasteiger partial charge in [-0.15, -0.1) is 0 Å². The van der Waals surface area contributed by atoms with Crippen LogP contribution in [-0.4, -0.2) is 13.1 Å². The first-order valence-corrected chi connectivity index (χ1v) is 6.84. The van der Waals surface area contributed by atoms with Gasteiger partial charge in [-0.1, -0.05) is 50.1 Å². The van der Waals surface area contributed by atoms with Crippen molar-refractivity contribution in [3.05, 3.63) is 35.4 Å². The van der Waals surface area contributed by atoms with Crippen molar-refractivity contribution in [2.45, 2.75) is 52.9 Å². The van der Waals surface area contributed by atoms with Gasteiger partial charge in [-0.3, -0.25) is 4.79 Å². The lowest BCUT2D eigenvalue weighted by Gasteiger charge is -2.02. The van der Waals surface area contributed by atoms with E-state index in [9.17, 15) is 4.79 Å². The fourth-order valence-corrected chi connectivity index (χ4v) is 1.74. The molecule has 0 aliphatic rings. The average molecular weight is 250 g/mol. The molecule has 0 bridgehead atoms. The van der Waals surface area contributed by atoms with Crippen molar-refractivity contribution in [1.29, 1.82) is 0 Å². The molecule has 2 heteroatoms. The predicted octanol–water partition coefficient (Wildman–Crippen LogP) is 4.30. The standard InChI is InChI=1S/C14H20O2.C2H6/c1-12-7-6-9-13(11-12)8-4-3-5-10-14(15)16-2;1-2/h6-7,9,11H,3-5,8,10H2,1-2H3;1-2H3. The Kier molecular flexibility index (Phi) is 10.0. The summed E-state index contributed by atoms with van der Waals surface area (Å²) in [7, 11) is 1.44. The Bertz CT molecular complexity index is 332. The summed E-state index contributed by atoms with van der Waals surface area (Å²) in [6.07, 6.45) is 4.80. The summed E-state index contributed by atoms with van der Waals surface area (Å²) in [5.41, 5.74) is 2.70. The number of rotatable bonds is 6. The van der Waals surface area contributed by atoms with Crippen LogP contribution in [0.2, 0.25) is 0 Å². The molecule has 1 rings (SSSR count). The van der Waals surface area contributed by atoms with Crippen molar-refractivity contribution in [3.8, 4) is 0 Å². The first-order chi connectivity index (χ1) is 8.72. The molecule has 1 aromatic rings. The first kappa shape index (κ1) is 16.7. The molecule has 0 spiro atoms. The minimum atomic E-state index is -0.101. The van der Waals surface area contributed by atoms with Gasteiger partial charge in [0.15, 0.2) is 0 Å². The second kappa shape index (κ2) is 10.8. The summed E-state index contributed by atoms with van der Waals surface area (Å²) in [6, 6.07) is 8.59. The average Bonchev–Trinajstić information content (AvgIpc) is 2.40. The highest BCUT2D eigenvalue weighted by Gasteiger charge is 1.99. The quantitative estimate of drug-likeness (QED) is 0.556. The molecule has 102 valence electrons. The third-order valence-corrected chi connectivity index (χ3v) is 2.66. The van der Waals surface area contributed by atoms with Gasteiger partial charge in [-0.05, 0) is 31.7 Å². The van der Waals surface area contributed by atoms with Crippen LogP contribution in [0.3, 0.4) is 0 Å². The van der Waals surface area contributed by atoms with Crippen molar-refractivity contribution >= 4 is 5.97 Å². The Labute approximate surface area is 111 Å². The Hall–Kier alpha value is -1.31. The first-order valence-electron chi connectivity index (χ1n) is 6.84. The zero-order valence-corrected chi connectivity index (χ0v) is 12.2. The fraction of sp³-hybridized carbons (Fsp3) is 0.562. The molecule has 0 amide bonds. The monoisotopic (exact) mass is 250 g/mol. The van der Waals surface area contributed by atoms with Gasteiger partial charge >= 0.3 is 5.97 Å². The van der Waals surface area contributed by atoms with Crippen LogP contribution in [0.15, 0.2) is 24.3 Å². The molecular formula is C16H26O2. The molecule has 0 aromatic heterocycles. The fourth-order valence-electron chi connectivity index (χ4n) is 1.74. The molecule has 1 aromatic carbocycles. The van der Waals surface area contributed by atoms with Crippen molar-refractivity contribution in [2.24, 2.45) is 0 Å². The van der Waals surface area contributed by atoms with Gasteiger partial charge in [0.25, 0.3) is 0 Å². The third-order valence-electron chi connectivity index (χ3n) is 2.66. The molecule has 0 saturated heterocycles. The van der Waals surface area contributed by atoms with Crippen LogP contribution >= 0.6 is 0 Å². The minimum absolute atomic E-state index is 0.101. The largest absolute Gasteiger partial charge is 0.469 e. The Balaban J connectivity index is 0.00000137. The van der Waals surface area contributed by atoms with E-state index in [-0.39, 0.29) is 5.97 Å². The third kappa shape index (κ3) is 7.88. The second-order valence-electron chi connectivity index (χ2n) is 4.13. The van der Waals surface area contributed by atoms with Crippen molar-refractivity contribution in [1.82, 2.24) is 0 Å². The van der Waals surface area contributed by atoms with Crippen LogP contribution in [0.5, 0.6) is 0 Å². The maximum atomic E-state index is 10.9. The maximum Gasteiger partial charge on any atom is 0.305 e. The summed E-state index contributed by atoms with van der Waals surface area (Å²) in [6.45, 7) is 6.11. The summed E-state index contributed by atoms with van der Waals surface area (Å²) in [5.74, 6) is -0.101. The van der Waals surface area contributed by atoms with Crippen LogP contribution in [0.4, 0.5) is 0 Å². The Morgan fingerprint density at radius 3 is 2.50 bits per heavy atom. The van der Waals surface area contributed by atoms with Gasteiger partial charge in [0.2, 0.25) is 0 Å². The Morgan fingerprint density at radius 1 is 1.17 bits per heavy atom. The summed E-state index contributed by atoms with van der Waals surface area (Å²) >= 11 is 0. The van der Waals surface area contributed by atoms with Crippen LogP contribution in [0, 0.1) is 6.92 Å². The van der Waals surface area contributed by atoms with Gasteiger partial charge in [0.1, 0.15) is 0 Å². The minimum Gasteiger partial charge on any atom is -0.469 e. The number of benzene rings is 1. The number of hydrogen-bond donors (Lipinski definition) is 0. The summed E-state index contributed by atoms with van der Waals surface area (Å²) in [4.78, 5) is 10.9. The van der Waals surface area contributed by atoms with Crippen LogP contribution < -0.4 is 0 Å². The normalized spacial score (nSPS) is 9.33. The number of carbonyl (C=O) groups is 1. The SMILES string of the molecule is CC.COC(=O)CCCCCc1cccc(C)c1. The molecular weight excluding hydrogens is 224 g/mol. The lowest BCUT2D eigenvalue weighted by atomic mass is 10.0. The molecule has 0 saturated carbocycles. The zero-order chi connectivity index (χ0) is 13.8. The van der Waals surface area contributed by atoms with Crippen LogP contribution in [0.25, 0.3) is 0 Å². The van der Waals surface area contributed by atoms with E-state index in [1.54, 1.807) is 0 Å². The van der Waals surface area contributed by atoms with Gasteiger partial charge in [-0.2, -0.15) is 0 Å². The lowest BCUT2D eigenvalue weighted by Crippen LogP contribution is -1.99. The van der Waals surface area contributed by atoms with E-state index in [1.807, 2.05) is 13.8 Å². The molecule has 0 radical (unpaired) electrons. The molecule has 0 aliphatic carbocycles. The number of carbonyl (C=O) groups excluding carboxylic acids is 1. The van der Waals surface area contributed by atoms with Gasteiger partial charge in [0.05, 0.1) is 7.11 Å². The van der Waals surface area contributed by atoms with Crippen molar-refractivity contribution in [2.75, 3.05) is 7.11 Å². The molecule has 0 heterocycles. The Morgan fingerprint density at radius 2 is 1.89 bits per heavy atom. The topological polar surface area (TPSA) is 26.3 Å². The van der Waals surface area contributed by atoms with E-state index < -0.39 is 0 Å².